The number of para-hydroxylation sites is 1. The second kappa shape index (κ2) is 8.58. The summed E-state index contributed by atoms with van der Waals surface area (Å²) in [5, 5.41) is 3.90. The highest BCUT2D eigenvalue weighted by atomic mass is 19.4. The van der Waals surface area contributed by atoms with Crippen LogP contribution in [0.2, 0.25) is 0 Å². The number of methoxy groups -OCH3 is 2. The van der Waals surface area contributed by atoms with Crippen molar-refractivity contribution in [3.05, 3.63) is 59.5 Å². The molecule has 0 bridgehead atoms. The first kappa shape index (κ1) is 21.2. The van der Waals surface area contributed by atoms with Crippen molar-refractivity contribution in [2.75, 3.05) is 27.3 Å². The third-order valence-electron chi connectivity index (χ3n) is 5.39. The van der Waals surface area contributed by atoms with Crippen LogP contribution in [0.5, 0.6) is 11.5 Å². The number of benzene rings is 2. The molecule has 1 saturated heterocycles. The lowest BCUT2D eigenvalue weighted by molar-refractivity contribution is -0.137. The molecule has 0 radical (unpaired) electrons. The zero-order valence-electron chi connectivity index (χ0n) is 17.1. The summed E-state index contributed by atoms with van der Waals surface area (Å²) in [4.78, 5) is 6.62. The standard InChI is InChI=1S/C22H22F3N3O3/c1-29-18-8-4-6-15(19(18)30-2)12-28-10-9-16(13-28)21-26-20(27-31-21)14-5-3-7-17(11-14)22(23,24)25/h3-8,11,16H,9-10,12-13H2,1-2H3. The van der Waals surface area contributed by atoms with Gasteiger partial charge in [0.15, 0.2) is 11.5 Å². The van der Waals surface area contributed by atoms with Crippen LogP contribution < -0.4 is 9.47 Å². The molecule has 0 N–H and O–H groups in total. The lowest BCUT2D eigenvalue weighted by Gasteiger charge is -2.18. The predicted molar refractivity (Wildman–Crippen MR) is 107 cm³/mol. The van der Waals surface area contributed by atoms with Crippen molar-refractivity contribution in [2.24, 2.45) is 0 Å². The second-order valence-corrected chi connectivity index (χ2v) is 7.41. The Balaban J connectivity index is 1.46. The van der Waals surface area contributed by atoms with Gasteiger partial charge in [0.2, 0.25) is 11.7 Å². The molecule has 0 aliphatic carbocycles. The van der Waals surface area contributed by atoms with Gasteiger partial charge in [-0.15, -0.1) is 0 Å². The maximum absolute atomic E-state index is 13.0. The number of rotatable bonds is 6. The van der Waals surface area contributed by atoms with Gasteiger partial charge in [0.1, 0.15) is 0 Å². The van der Waals surface area contributed by atoms with Crippen molar-refractivity contribution in [1.29, 1.82) is 0 Å². The molecule has 6 nitrogen and oxygen atoms in total. The summed E-state index contributed by atoms with van der Waals surface area (Å²) in [6, 6.07) is 10.7. The summed E-state index contributed by atoms with van der Waals surface area (Å²) < 4.78 is 55.2. The number of hydrogen-bond donors (Lipinski definition) is 0. The van der Waals surface area contributed by atoms with Crippen LogP contribution in [0.4, 0.5) is 13.2 Å². The van der Waals surface area contributed by atoms with Gasteiger partial charge < -0.3 is 14.0 Å². The first-order valence-electron chi connectivity index (χ1n) is 9.82. The Morgan fingerprint density at radius 3 is 2.68 bits per heavy atom. The molecule has 3 aromatic rings. The maximum atomic E-state index is 13.0. The van der Waals surface area contributed by atoms with E-state index in [-0.39, 0.29) is 17.3 Å². The van der Waals surface area contributed by atoms with E-state index in [0.717, 1.165) is 30.7 Å². The van der Waals surface area contributed by atoms with E-state index < -0.39 is 11.7 Å². The van der Waals surface area contributed by atoms with Gasteiger partial charge in [0.25, 0.3) is 0 Å². The van der Waals surface area contributed by atoms with E-state index in [1.54, 1.807) is 20.3 Å². The third-order valence-corrected chi connectivity index (χ3v) is 5.39. The van der Waals surface area contributed by atoms with Gasteiger partial charge >= 0.3 is 6.18 Å². The van der Waals surface area contributed by atoms with Gasteiger partial charge in [-0.05, 0) is 31.2 Å². The molecule has 31 heavy (non-hydrogen) atoms. The van der Waals surface area contributed by atoms with Crippen molar-refractivity contribution in [3.8, 4) is 22.9 Å². The van der Waals surface area contributed by atoms with Crippen LogP contribution in [-0.2, 0) is 12.7 Å². The van der Waals surface area contributed by atoms with Crippen LogP contribution in [0.15, 0.2) is 47.0 Å². The average Bonchev–Trinajstić information content (AvgIpc) is 3.42. The molecule has 0 amide bonds. The Morgan fingerprint density at radius 1 is 1.13 bits per heavy atom. The third kappa shape index (κ3) is 4.51. The van der Waals surface area contributed by atoms with E-state index in [2.05, 4.69) is 15.0 Å². The lowest BCUT2D eigenvalue weighted by atomic mass is 10.1. The molecule has 164 valence electrons. The van der Waals surface area contributed by atoms with E-state index in [1.165, 1.54) is 6.07 Å². The number of likely N-dealkylation sites (tertiary alicyclic amines) is 1. The van der Waals surface area contributed by atoms with Crippen LogP contribution in [0, 0.1) is 0 Å². The summed E-state index contributed by atoms with van der Waals surface area (Å²) in [5.74, 6) is 2.00. The highest BCUT2D eigenvalue weighted by Crippen LogP contribution is 2.35. The van der Waals surface area contributed by atoms with E-state index in [9.17, 15) is 13.2 Å². The molecule has 4 rings (SSSR count). The quantitative estimate of drug-likeness (QED) is 0.559. The van der Waals surface area contributed by atoms with Crippen LogP contribution >= 0.6 is 0 Å². The highest BCUT2D eigenvalue weighted by Gasteiger charge is 2.32. The molecular formula is C22H22F3N3O3. The number of ether oxygens (including phenoxy) is 2. The molecule has 1 unspecified atom stereocenters. The first-order chi connectivity index (χ1) is 14.9. The fourth-order valence-corrected chi connectivity index (χ4v) is 3.85. The van der Waals surface area contributed by atoms with Gasteiger partial charge in [0.05, 0.1) is 25.7 Å². The normalized spacial score (nSPS) is 17.1. The predicted octanol–water partition coefficient (Wildman–Crippen LogP) is 4.76. The Hall–Kier alpha value is -3.07. The molecular weight excluding hydrogens is 411 g/mol. The van der Waals surface area contributed by atoms with E-state index in [1.807, 2.05) is 18.2 Å². The average molecular weight is 433 g/mol. The van der Waals surface area contributed by atoms with Crippen LogP contribution in [-0.4, -0.2) is 42.3 Å². The minimum atomic E-state index is -4.42. The van der Waals surface area contributed by atoms with Gasteiger partial charge in [-0.3, -0.25) is 4.90 Å². The molecule has 0 spiro atoms. The molecule has 2 aromatic carbocycles. The number of alkyl halides is 3. The number of halogens is 3. The van der Waals surface area contributed by atoms with E-state index in [0.29, 0.717) is 30.5 Å². The Morgan fingerprint density at radius 2 is 1.94 bits per heavy atom. The number of hydrogen-bond acceptors (Lipinski definition) is 6. The zero-order chi connectivity index (χ0) is 22.0. The Bertz CT molecular complexity index is 1050. The summed E-state index contributed by atoms with van der Waals surface area (Å²) in [5.41, 5.74) is 0.550. The van der Waals surface area contributed by atoms with Gasteiger partial charge in [-0.25, -0.2) is 0 Å². The molecule has 1 aliphatic rings. The zero-order valence-corrected chi connectivity index (χ0v) is 17.1. The molecule has 9 heteroatoms. The molecule has 1 aromatic heterocycles. The SMILES string of the molecule is COc1cccc(CN2CCC(c3nc(-c4cccc(C(F)(F)F)c4)no3)C2)c1OC. The monoisotopic (exact) mass is 433 g/mol. The molecule has 0 saturated carbocycles. The summed E-state index contributed by atoms with van der Waals surface area (Å²) in [6.07, 6.45) is -3.60. The second-order valence-electron chi connectivity index (χ2n) is 7.41. The van der Waals surface area contributed by atoms with Crippen molar-refractivity contribution in [3.63, 3.8) is 0 Å². The molecule has 1 aliphatic heterocycles. The molecule has 1 fully saturated rings. The Labute approximate surface area is 177 Å². The van der Waals surface area contributed by atoms with Crippen LogP contribution in [0.25, 0.3) is 11.4 Å². The van der Waals surface area contributed by atoms with Crippen molar-refractivity contribution >= 4 is 0 Å². The molecule has 1 atom stereocenters. The molecule has 2 heterocycles. The number of aromatic nitrogens is 2. The van der Waals surface area contributed by atoms with Gasteiger partial charge in [-0.2, -0.15) is 18.2 Å². The fourth-order valence-electron chi connectivity index (χ4n) is 3.85. The minimum absolute atomic E-state index is 0.0173. The van der Waals surface area contributed by atoms with E-state index >= 15 is 0 Å². The van der Waals surface area contributed by atoms with Gasteiger partial charge in [0, 0.05) is 24.2 Å². The van der Waals surface area contributed by atoms with Gasteiger partial charge in [-0.1, -0.05) is 29.4 Å². The fraction of sp³-hybridized carbons (Fsp3) is 0.364. The smallest absolute Gasteiger partial charge is 0.416 e. The first-order valence-corrected chi connectivity index (χ1v) is 9.82. The minimum Gasteiger partial charge on any atom is -0.493 e. The number of nitrogens with zero attached hydrogens (tertiary/aromatic N) is 3. The van der Waals surface area contributed by atoms with Crippen molar-refractivity contribution in [2.45, 2.75) is 25.1 Å². The topological polar surface area (TPSA) is 60.6 Å². The Kier molecular flexibility index (Phi) is 5.86. The lowest BCUT2D eigenvalue weighted by Crippen LogP contribution is -2.20. The highest BCUT2D eigenvalue weighted by molar-refractivity contribution is 5.55. The summed E-state index contributed by atoms with van der Waals surface area (Å²) in [6.45, 7) is 2.20. The van der Waals surface area contributed by atoms with Crippen LogP contribution in [0.1, 0.15) is 29.4 Å². The largest absolute Gasteiger partial charge is 0.493 e. The summed E-state index contributed by atoms with van der Waals surface area (Å²) in [7, 11) is 3.22. The summed E-state index contributed by atoms with van der Waals surface area (Å²) >= 11 is 0. The van der Waals surface area contributed by atoms with Crippen molar-refractivity contribution < 1.29 is 27.2 Å². The maximum Gasteiger partial charge on any atom is 0.416 e. The van der Waals surface area contributed by atoms with Crippen LogP contribution in [0.3, 0.4) is 0 Å². The van der Waals surface area contributed by atoms with Crippen molar-refractivity contribution in [1.82, 2.24) is 15.0 Å². The van der Waals surface area contributed by atoms with E-state index in [4.69, 9.17) is 14.0 Å².